The molecule has 2 heterocycles. The van der Waals surface area contributed by atoms with E-state index >= 15 is 0 Å². The minimum Gasteiger partial charge on any atom is -0.457 e. The van der Waals surface area contributed by atoms with E-state index in [4.69, 9.17) is 23.1 Å². The van der Waals surface area contributed by atoms with Gasteiger partial charge in [0.25, 0.3) is 0 Å². The first kappa shape index (κ1) is 16.6. The molecule has 0 bridgehead atoms. The van der Waals surface area contributed by atoms with Crippen LogP contribution in [0.25, 0.3) is 22.0 Å². The van der Waals surface area contributed by atoms with Crippen molar-refractivity contribution >= 4 is 11.3 Å². The molecule has 2 aromatic heterocycles. The van der Waals surface area contributed by atoms with Gasteiger partial charge in [-0.15, -0.1) is 10.2 Å². The van der Waals surface area contributed by atoms with Gasteiger partial charge in [0, 0.05) is 5.56 Å². The second-order valence-corrected chi connectivity index (χ2v) is 5.82. The minimum atomic E-state index is -4.94. The van der Waals surface area contributed by atoms with Crippen molar-refractivity contribution in [3.63, 3.8) is 0 Å². The van der Waals surface area contributed by atoms with Crippen LogP contribution in [0.15, 0.2) is 58.5 Å². The summed E-state index contributed by atoms with van der Waals surface area (Å²) in [5.74, 6) is 0.916. The summed E-state index contributed by atoms with van der Waals surface area (Å²) in [4.78, 5) is 0. The summed E-state index contributed by atoms with van der Waals surface area (Å²) in [6.07, 6.45) is 1.71. The van der Waals surface area contributed by atoms with Crippen LogP contribution < -0.4 is 23.2 Å². The summed E-state index contributed by atoms with van der Waals surface area (Å²) < 4.78 is 41.6. The summed E-state index contributed by atoms with van der Waals surface area (Å²) in [6.45, 7) is 0. The van der Waals surface area contributed by atoms with Crippen LogP contribution in [-0.4, -0.2) is 0 Å². The normalized spacial score (nSPS) is 11.0. The molecule has 0 unspecified atom stereocenters. The molecular weight excluding hydrogens is 330 g/mol. The zero-order chi connectivity index (χ0) is 16.2. The lowest BCUT2D eigenvalue weighted by Gasteiger charge is -2.17. The molecule has 0 aliphatic carbocycles. The molecule has 0 aliphatic rings. The Bertz CT molecular complexity index is 701. The maximum Gasteiger partial charge on any atom is 0.305 e. The summed E-state index contributed by atoms with van der Waals surface area (Å²) in [5, 5.41) is 3.29. The van der Waals surface area contributed by atoms with Gasteiger partial charge >= 0.3 is 5.01 Å². The zero-order valence-corrected chi connectivity index (χ0v) is 13.0. The highest BCUT2D eigenvalue weighted by molar-refractivity contribution is 7.12. The molecule has 6 nitrogen and oxygen atoms in total. The smallest absolute Gasteiger partial charge is 0.305 e. The van der Waals surface area contributed by atoms with Gasteiger partial charge in [-0.1, -0.05) is 29.5 Å². The van der Waals surface area contributed by atoms with Gasteiger partial charge in [0.05, 0.1) is 11.6 Å². The Morgan fingerprint density at radius 2 is 1.64 bits per heavy atom. The van der Waals surface area contributed by atoms with Crippen LogP contribution in [0.5, 0.6) is 0 Å². The molecule has 3 rings (SSSR count). The van der Waals surface area contributed by atoms with E-state index in [0.717, 1.165) is 10.8 Å². The average Bonchev–Trinajstić information content (AvgIpc) is 3.07. The number of thiazole rings is 1. The lowest BCUT2D eigenvalue weighted by atomic mass is 10.2. The Morgan fingerprint density at radius 3 is 2.18 bits per heavy atom. The first-order valence-electron chi connectivity index (χ1n) is 6.05. The summed E-state index contributed by atoms with van der Waals surface area (Å²) >= 11 is 1.70. The van der Waals surface area contributed by atoms with E-state index in [0.29, 0.717) is 0 Å². The first-order chi connectivity index (χ1) is 10.4. The number of halogens is 1. The quantitative estimate of drug-likeness (QED) is 0.541. The number of aromatic nitrogens is 1. The largest absolute Gasteiger partial charge is 0.457 e. The molecule has 0 spiro atoms. The summed E-state index contributed by atoms with van der Waals surface area (Å²) in [5.41, 5.74) is 2.44. The van der Waals surface area contributed by atoms with Crippen LogP contribution >= 0.6 is 11.3 Å². The molecule has 0 aliphatic heterocycles. The Labute approximate surface area is 132 Å². The fraction of sp³-hybridized carbons (Fsp3) is 0.0714. The van der Waals surface area contributed by atoms with Crippen molar-refractivity contribution in [2.75, 3.05) is 0 Å². The monoisotopic (exact) mass is 341 g/mol. The van der Waals surface area contributed by atoms with E-state index < -0.39 is 10.2 Å². The highest BCUT2D eigenvalue weighted by Crippen LogP contribution is 2.26. The van der Waals surface area contributed by atoms with Crippen molar-refractivity contribution in [3.8, 4) is 22.0 Å². The second kappa shape index (κ2) is 7.01. The van der Waals surface area contributed by atoms with Gasteiger partial charge in [-0.05, 0) is 24.3 Å². The van der Waals surface area contributed by atoms with E-state index in [2.05, 4.69) is 41.3 Å². The van der Waals surface area contributed by atoms with Crippen molar-refractivity contribution in [3.05, 3.63) is 54.1 Å². The average molecular weight is 342 g/mol. The fourth-order valence-corrected chi connectivity index (χ4v) is 2.88. The predicted molar refractivity (Wildman–Crippen MR) is 68.6 cm³/mol. The van der Waals surface area contributed by atoms with E-state index in [9.17, 15) is 0 Å². The van der Waals surface area contributed by atoms with Gasteiger partial charge in [-0.25, -0.2) is 18.6 Å². The van der Waals surface area contributed by atoms with Crippen molar-refractivity contribution in [1.82, 2.24) is 0 Å². The molecule has 8 heteroatoms. The van der Waals surface area contributed by atoms with E-state index in [1.807, 2.05) is 18.2 Å². The highest BCUT2D eigenvalue weighted by atomic mass is 35.7. The number of hydrogen-bond acceptors (Lipinski definition) is 6. The van der Waals surface area contributed by atoms with Gasteiger partial charge in [0.1, 0.15) is 7.05 Å². The molecule has 1 aromatic carbocycles. The number of benzene rings is 1. The van der Waals surface area contributed by atoms with Gasteiger partial charge in [0.2, 0.25) is 11.5 Å². The number of nitrogens with zero attached hydrogens (tertiary/aromatic N) is 1. The Balaban J connectivity index is 0.000000309. The Kier molecular flexibility index (Phi) is 5.30. The van der Waals surface area contributed by atoms with Gasteiger partial charge in [0.15, 0.2) is 0 Å². The number of furan rings is 1. The van der Waals surface area contributed by atoms with Crippen molar-refractivity contribution in [2.24, 2.45) is 7.05 Å². The third kappa shape index (κ3) is 4.63. The molecule has 0 saturated carbocycles. The van der Waals surface area contributed by atoms with Crippen LogP contribution in [0.3, 0.4) is 0 Å². The summed E-state index contributed by atoms with van der Waals surface area (Å²) in [6, 6.07) is 14.3. The maximum absolute atomic E-state index is 8.49. The highest BCUT2D eigenvalue weighted by Gasteiger charge is 2.21. The summed E-state index contributed by atoms with van der Waals surface area (Å²) in [7, 11) is -2.88. The molecule has 0 N–H and O–H groups in total. The van der Waals surface area contributed by atoms with Crippen molar-refractivity contribution < 1.29 is 37.9 Å². The number of rotatable bonds is 2. The molecular formula is C14H12ClNO5S. The van der Waals surface area contributed by atoms with Crippen LogP contribution in [-0.2, 0) is 7.05 Å². The molecule has 0 amide bonds. The predicted octanol–water partition coefficient (Wildman–Crippen LogP) is -1.26. The van der Waals surface area contributed by atoms with Gasteiger partial charge in [-0.2, -0.15) is 4.57 Å². The van der Waals surface area contributed by atoms with Crippen LogP contribution in [0.2, 0.25) is 0 Å². The third-order valence-electron chi connectivity index (χ3n) is 2.75. The van der Waals surface area contributed by atoms with Crippen molar-refractivity contribution in [1.29, 1.82) is 0 Å². The molecule has 0 fully saturated rings. The third-order valence-corrected chi connectivity index (χ3v) is 3.79. The lowest BCUT2D eigenvalue weighted by Crippen LogP contribution is -2.68. The standard InChI is InChI=1S/C14H12NOS.ClHO4/c1-15-12(11-6-3-2-4-7-11)10-17-14(15)13-8-5-9-16-13;2-1(3,4)5/h2-10H,1H3;(H,2,3,4,5)/q+1;/p-1. The van der Waals surface area contributed by atoms with Gasteiger partial charge in [-0.3, -0.25) is 0 Å². The van der Waals surface area contributed by atoms with E-state index in [1.165, 1.54) is 11.3 Å². The first-order valence-corrected chi connectivity index (χ1v) is 8.16. The lowest BCUT2D eigenvalue weighted by molar-refractivity contribution is -2.00. The maximum atomic E-state index is 8.49. The molecule has 0 saturated heterocycles. The van der Waals surface area contributed by atoms with Crippen LogP contribution in [0.4, 0.5) is 0 Å². The number of hydrogen-bond donors (Lipinski definition) is 0. The van der Waals surface area contributed by atoms with Gasteiger partial charge < -0.3 is 4.42 Å². The van der Waals surface area contributed by atoms with Crippen LogP contribution in [0, 0.1) is 10.2 Å². The van der Waals surface area contributed by atoms with Crippen molar-refractivity contribution in [2.45, 2.75) is 0 Å². The molecule has 22 heavy (non-hydrogen) atoms. The molecule has 3 aromatic rings. The Morgan fingerprint density at radius 1 is 1.00 bits per heavy atom. The topological polar surface area (TPSA) is 109 Å². The van der Waals surface area contributed by atoms with E-state index in [1.54, 1.807) is 17.6 Å². The minimum absolute atomic E-state index is 0.916. The zero-order valence-electron chi connectivity index (χ0n) is 11.5. The Hall–Kier alpha value is -1.74. The molecule has 116 valence electrons. The fourth-order valence-electron chi connectivity index (χ4n) is 1.87. The molecule has 0 atom stereocenters. The second-order valence-electron chi connectivity index (χ2n) is 4.21. The van der Waals surface area contributed by atoms with Crippen LogP contribution in [0.1, 0.15) is 0 Å². The SMILES string of the molecule is C[n+]1c(-c2ccccc2)csc1-c1ccco1.[O-][Cl+3]([O-])([O-])[O-]. The van der Waals surface area contributed by atoms with E-state index in [-0.39, 0.29) is 0 Å². The molecule has 0 radical (unpaired) electrons.